The van der Waals surface area contributed by atoms with E-state index in [1.807, 2.05) is 31.2 Å². The minimum absolute atomic E-state index is 0.0652. The first-order valence-electron chi connectivity index (χ1n) is 7.43. The third-order valence-corrected chi connectivity index (χ3v) is 4.04. The molecule has 3 rings (SSSR count). The van der Waals surface area contributed by atoms with Crippen molar-refractivity contribution < 1.29 is 9.90 Å². The Labute approximate surface area is 129 Å². The number of carbonyl (C=O) groups is 1. The lowest BCUT2D eigenvalue weighted by Crippen LogP contribution is -2.34. The molecule has 0 radical (unpaired) electrons. The monoisotopic (exact) mass is 300 g/mol. The maximum absolute atomic E-state index is 12.2. The highest BCUT2D eigenvalue weighted by Crippen LogP contribution is 2.13. The predicted molar refractivity (Wildman–Crippen MR) is 83.0 cm³/mol. The van der Waals surface area contributed by atoms with E-state index in [1.165, 1.54) is 0 Å². The van der Waals surface area contributed by atoms with Crippen molar-refractivity contribution in [2.75, 3.05) is 19.6 Å². The molecule has 1 aromatic carbocycles. The summed E-state index contributed by atoms with van der Waals surface area (Å²) in [5, 5.41) is 19.9. The standard InChI is InChI=1S/C16H20N4O2/c1-11-4-2-3-5-14(11)20-10-13(8-19-20)16(22)18-7-12-6-17-9-15(12)21/h2-5,8,10,12,15,17,21H,6-7,9H2,1H3,(H,18,22). The van der Waals surface area contributed by atoms with Gasteiger partial charge < -0.3 is 15.7 Å². The Bertz CT molecular complexity index is 668. The van der Waals surface area contributed by atoms with Gasteiger partial charge in [-0.3, -0.25) is 4.79 Å². The Hall–Kier alpha value is -2.18. The fourth-order valence-electron chi connectivity index (χ4n) is 2.65. The summed E-state index contributed by atoms with van der Waals surface area (Å²) in [6, 6.07) is 7.88. The van der Waals surface area contributed by atoms with E-state index in [4.69, 9.17) is 0 Å². The molecule has 116 valence electrons. The fourth-order valence-corrected chi connectivity index (χ4v) is 2.65. The number of amides is 1. The highest BCUT2D eigenvalue weighted by Gasteiger charge is 2.25. The molecule has 2 unspecified atom stereocenters. The summed E-state index contributed by atoms with van der Waals surface area (Å²) < 4.78 is 1.70. The predicted octanol–water partition coefficient (Wildman–Crippen LogP) is 0.491. The Morgan fingerprint density at radius 3 is 3.00 bits per heavy atom. The van der Waals surface area contributed by atoms with E-state index < -0.39 is 6.10 Å². The van der Waals surface area contributed by atoms with Crippen LogP contribution in [-0.4, -0.2) is 46.5 Å². The molecule has 1 amide bonds. The molecule has 2 heterocycles. The van der Waals surface area contributed by atoms with E-state index in [9.17, 15) is 9.90 Å². The number of para-hydroxylation sites is 1. The second-order valence-corrected chi connectivity index (χ2v) is 5.66. The van der Waals surface area contributed by atoms with Crippen LogP contribution < -0.4 is 10.6 Å². The molecule has 6 heteroatoms. The lowest BCUT2D eigenvalue weighted by Gasteiger charge is -2.13. The number of hydrogen-bond acceptors (Lipinski definition) is 4. The van der Waals surface area contributed by atoms with E-state index in [0.29, 0.717) is 18.7 Å². The van der Waals surface area contributed by atoms with Gasteiger partial charge in [0.2, 0.25) is 0 Å². The highest BCUT2D eigenvalue weighted by atomic mass is 16.3. The zero-order valence-electron chi connectivity index (χ0n) is 12.5. The van der Waals surface area contributed by atoms with Crippen molar-refractivity contribution in [2.24, 2.45) is 5.92 Å². The smallest absolute Gasteiger partial charge is 0.254 e. The highest BCUT2D eigenvalue weighted by molar-refractivity contribution is 5.93. The number of aryl methyl sites for hydroxylation is 1. The third kappa shape index (κ3) is 3.03. The molecule has 22 heavy (non-hydrogen) atoms. The fraction of sp³-hybridized carbons (Fsp3) is 0.375. The van der Waals surface area contributed by atoms with Crippen molar-refractivity contribution in [2.45, 2.75) is 13.0 Å². The molecular formula is C16H20N4O2. The summed E-state index contributed by atoms with van der Waals surface area (Å²) in [6.45, 7) is 3.78. The molecule has 6 nitrogen and oxygen atoms in total. The van der Waals surface area contributed by atoms with Gasteiger partial charge in [-0.25, -0.2) is 4.68 Å². The largest absolute Gasteiger partial charge is 0.391 e. The van der Waals surface area contributed by atoms with Crippen LogP contribution in [0.2, 0.25) is 0 Å². The molecule has 0 spiro atoms. The number of aromatic nitrogens is 2. The Balaban J connectivity index is 1.66. The summed E-state index contributed by atoms with van der Waals surface area (Å²) in [5.41, 5.74) is 2.57. The second-order valence-electron chi connectivity index (χ2n) is 5.66. The van der Waals surface area contributed by atoms with Crippen LogP contribution >= 0.6 is 0 Å². The van der Waals surface area contributed by atoms with Gasteiger partial charge in [0, 0.05) is 31.7 Å². The van der Waals surface area contributed by atoms with Crippen molar-refractivity contribution in [3.63, 3.8) is 0 Å². The van der Waals surface area contributed by atoms with E-state index in [2.05, 4.69) is 15.7 Å². The zero-order chi connectivity index (χ0) is 15.5. The summed E-state index contributed by atoms with van der Waals surface area (Å²) in [7, 11) is 0. The number of carbonyl (C=O) groups excluding carboxylic acids is 1. The van der Waals surface area contributed by atoms with Crippen LogP contribution in [0.3, 0.4) is 0 Å². The maximum atomic E-state index is 12.2. The molecular weight excluding hydrogens is 280 g/mol. The zero-order valence-corrected chi connectivity index (χ0v) is 12.5. The van der Waals surface area contributed by atoms with Crippen LogP contribution in [-0.2, 0) is 0 Å². The van der Waals surface area contributed by atoms with Gasteiger partial charge in [-0.1, -0.05) is 18.2 Å². The van der Waals surface area contributed by atoms with E-state index in [-0.39, 0.29) is 11.8 Å². The van der Waals surface area contributed by atoms with Crippen molar-refractivity contribution in [1.29, 1.82) is 0 Å². The molecule has 2 aromatic rings. The molecule has 1 aliphatic rings. The van der Waals surface area contributed by atoms with Crippen LogP contribution in [0.25, 0.3) is 5.69 Å². The molecule has 0 saturated carbocycles. The molecule has 1 saturated heterocycles. The minimum atomic E-state index is -0.394. The Morgan fingerprint density at radius 1 is 1.45 bits per heavy atom. The molecule has 0 bridgehead atoms. The minimum Gasteiger partial charge on any atom is -0.391 e. The van der Waals surface area contributed by atoms with E-state index in [0.717, 1.165) is 17.8 Å². The number of hydrogen-bond donors (Lipinski definition) is 3. The van der Waals surface area contributed by atoms with Crippen LogP contribution in [0, 0.1) is 12.8 Å². The summed E-state index contributed by atoms with van der Waals surface area (Å²) >= 11 is 0. The number of nitrogens with zero attached hydrogens (tertiary/aromatic N) is 2. The van der Waals surface area contributed by atoms with Crippen LogP contribution in [0.4, 0.5) is 0 Å². The lowest BCUT2D eigenvalue weighted by atomic mass is 10.1. The molecule has 2 atom stereocenters. The number of nitrogens with one attached hydrogen (secondary N) is 2. The third-order valence-electron chi connectivity index (χ3n) is 4.04. The van der Waals surface area contributed by atoms with Crippen molar-refractivity contribution in [3.8, 4) is 5.69 Å². The van der Waals surface area contributed by atoms with Crippen LogP contribution in [0.5, 0.6) is 0 Å². The number of benzene rings is 1. The molecule has 1 aromatic heterocycles. The Kier molecular flexibility index (Phi) is 4.22. The molecule has 1 aliphatic heterocycles. The normalized spacial score (nSPS) is 21.0. The van der Waals surface area contributed by atoms with Gasteiger partial charge in [0.15, 0.2) is 0 Å². The van der Waals surface area contributed by atoms with Gasteiger partial charge in [-0.15, -0.1) is 0 Å². The average molecular weight is 300 g/mol. The topological polar surface area (TPSA) is 79.2 Å². The van der Waals surface area contributed by atoms with Crippen molar-refractivity contribution in [1.82, 2.24) is 20.4 Å². The Morgan fingerprint density at radius 2 is 2.27 bits per heavy atom. The van der Waals surface area contributed by atoms with Gasteiger partial charge in [-0.05, 0) is 18.6 Å². The van der Waals surface area contributed by atoms with Gasteiger partial charge in [0.25, 0.3) is 5.91 Å². The summed E-state index contributed by atoms with van der Waals surface area (Å²) in [5.74, 6) is -0.103. The lowest BCUT2D eigenvalue weighted by molar-refractivity contribution is 0.0927. The SMILES string of the molecule is Cc1ccccc1-n1cc(C(=O)NCC2CNCC2O)cn1. The number of aliphatic hydroxyl groups excluding tert-OH is 1. The van der Waals surface area contributed by atoms with Gasteiger partial charge in [0.1, 0.15) is 0 Å². The first-order chi connectivity index (χ1) is 10.6. The van der Waals surface area contributed by atoms with E-state index in [1.54, 1.807) is 17.1 Å². The quantitative estimate of drug-likeness (QED) is 0.768. The average Bonchev–Trinajstić information content (AvgIpc) is 3.14. The van der Waals surface area contributed by atoms with Gasteiger partial charge in [0.05, 0.1) is 23.6 Å². The second kappa shape index (κ2) is 6.29. The first-order valence-corrected chi connectivity index (χ1v) is 7.43. The van der Waals surface area contributed by atoms with Crippen LogP contribution in [0.1, 0.15) is 15.9 Å². The van der Waals surface area contributed by atoms with E-state index >= 15 is 0 Å². The van der Waals surface area contributed by atoms with Gasteiger partial charge >= 0.3 is 0 Å². The summed E-state index contributed by atoms with van der Waals surface area (Å²) in [4.78, 5) is 12.2. The summed E-state index contributed by atoms with van der Waals surface area (Å²) in [6.07, 6.45) is 2.89. The number of β-amino-alcohol motifs (C(OH)–C–C–N with tert-alkyl or cyclic N) is 1. The van der Waals surface area contributed by atoms with Gasteiger partial charge in [-0.2, -0.15) is 5.10 Å². The van der Waals surface area contributed by atoms with Crippen LogP contribution in [0.15, 0.2) is 36.7 Å². The van der Waals surface area contributed by atoms with Crippen molar-refractivity contribution in [3.05, 3.63) is 47.8 Å². The number of aliphatic hydroxyl groups is 1. The maximum Gasteiger partial charge on any atom is 0.254 e. The van der Waals surface area contributed by atoms with Crippen molar-refractivity contribution >= 4 is 5.91 Å². The number of rotatable bonds is 4. The molecule has 0 aliphatic carbocycles. The molecule has 1 fully saturated rings. The first kappa shape index (κ1) is 14.7. The molecule has 3 N–H and O–H groups in total.